The van der Waals surface area contributed by atoms with Gasteiger partial charge in [0.15, 0.2) is 0 Å². The third-order valence-electron chi connectivity index (χ3n) is 2.20. The molecule has 0 fully saturated rings. The van der Waals surface area contributed by atoms with Crippen LogP contribution in [-0.2, 0) is 0 Å². The highest BCUT2D eigenvalue weighted by atomic mass is 16.5. The summed E-state index contributed by atoms with van der Waals surface area (Å²) >= 11 is 0. The predicted octanol–water partition coefficient (Wildman–Crippen LogP) is 0.940. The molecule has 0 amide bonds. The Morgan fingerprint density at radius 1 is 1.50 bits per heavy atom. The fourth-order valence-electron chi connectivity index (χ4n) is 1.38. The minimum atomic E-state index is -0.174. The van der Waals surface area contributed by atoms with Crippen molar-refractivity contribution in [2.45, 2.75) is 26.7 Å². The van der Waals surface area contributed by atoms with E-state index in [1.807, 2.05) is 20.8 Å². The number of H-pyrrole nitrogens is 1. The predicted molar refractivity (Wildman–Crippen MR) is 58.9 cm³/mol. The van der Waals surface area contributed by atoms with Crippen molar-refractivity contribution >= 4 is 5.78 Å². The van der Waals surface area contributed by atoms with Crippen LogP contribution in [0.15, 0.2) is 10.9 Å². The average Bonchev–Trinajstić information content (AvgIpc) is 2.61. The highest BCUT2D eigenvalue weighted by Gasteiger charge is 2.10. The number of ether oxygens (including phenoxy) is 1. The zero-order chi connectivity index (χ0) is 11.7. The first kappa shape index (κ1) is 10.7. The molecule has 2 rings (SSSR count). The van der Waals surface area contributed by atoms with Crippen LogP contribution in [-0.4, -0.2) is 26.2 Å². The summed E-state index contributed by atoms with van der Waals surface area (Å²) in [6.07, 6.45) is 0. The van der Waals surface area contributed by atoms with E-state index in [1.54, 1.807) is 0 Å². The van der Waals surface area contributed by atoms with E-state index in [2.05, 4.69) is 15.1 Å². The number of hydrogen-bond acceptors (Lipinski definition) is 4. The second-order valence-corrected chi connectivity index (χ2v) is 3.77. The summed E-state index contributed by atoms with van der Waals surface area (Å²) in [4.78, 5) is 20.1. The first-order valence-corrected chi connectivity index (χ1v) is 5.24. The number of fused-ring (bicyclic) bond motifs is 1. The van der Waals surface area contributed by atoms with Gasteiger partial charge >= 0.3 is 6.01 Å². The number of hydrogen-bond donors (Lipinski definition) is 1. The molecule has 6 nitrogen and oxygen atoms in total. The molecule has 0 aliphatic carbocycles. The van der Waals surface area contributed by atoms with Gasteiger partial charge in [-0.15, -0.1) is 0 Å². The highest BCUT2D eigenvalue weighted by Crippen LogP contribution is 2.10. The van der Waals surface area contributed by atoms with E-state index >= 15 is 0 Å². The van der Waals surface area contributed by atoms with Gasteiger partial charge in [0.05, 0.1) is 12.3 Å². The zero-order valence-corrected chi connectivity index (χ0v) is 9.52. The lowest BCUT2D eigenvalue weighted by Gasteiger charge is -2.01. The molecule has 86 valence electrons. The van der Waals surface area contributed by atoms with Crippen molar-refractivity contribution in [1.82, 2.24) is 19.6 Å². The Hall–Kier alpha value is -1.85. The van der Waals surface area contributed by atoms with Crippen molar-refractivity contribution in [3.63, 3.8) is 0 Å². The van der Waals surface area contributed by atoms with E-state index < -0.39 is 0 Å². The van der Waals surface area contributed by atoms with E-state index in [1.165, 1.54) is 10.6 Å². The Balaban J connectivity index is 2.59. The quantitative estimate of drug-likeness (QED) is 0.838. The SMILES string of the molecule is CCOc1nc2nc(C(C)C)cc(=O)n2[nH]1. The van der Waals surface area contributed by atoms with Gasteiger partial charge in [-0.25, -0.2) is 10.1 Å². The van der Waals surface area contributed by atoms with Gasteiger partial charge in [0, 0.05) is 6.07 Å². The summed E-state index contributed by atoms with van der Waals surface area (Å²) in [5.74, 6) is 0.546. The minimum Gasteiger partial charge on any atom is -0.464 e. The number of nitrogens with one attached hydrogen (secondary N) is 1. The molecule has 2 aromatic heterocycles. The van der Waals surface area contributed by atoms with Gasteiger partial charge in [-0.05, 0) is 12.8 Å². The van der Waals surface area contributed by atoms with Crippen molar-refractivity contribution in [3.8, 4) is 6.01 Å². The van der Waals surface area contributed by atoms with Gasteiger partial charge in [0.2, 0.25) is 0 Å². The maximum Gasteiger partial charge on any atom is 0.312 e. The molecule has 0 atom stereocenters. The fourth-order valence-corrected chi connectivity index (χ4v) is 1.38. The standard InChI is InChI=1S/C10H14N4O2/c1-4-16-10-12-9-11-7(6(2)3)5-8(15)14(9)13-10/h5-6H,4H2,1-3H3,(H,11,12,13). The van der Waals surface area contributed by atoms with Gasteiger partial charge in [-0.2, -0.15) is 9.50 Å². The van der Waals surface area contributed by atoms with E-state index in [9.17, 15) is 4.79 Å². The molecule has 0 saturated carbocycles. The number of aromatic nitrogens is 4. The summed E-state index contributed by atoms with van der Waals surface area (Å²) in [6, 6.07) is 1.82. The van der Waals surface area contributed by atoms with Gasteiger partial charge in [-0.3, -0.25) is 4.79 Å². The summed E-state index contributed by atoms with van der Waals surface area (Å²) in [6.45, 7) is 6.30. The minimum absolute atomic E-state index is 0.174. The molecule has 0 bridgehead atoms. The second kappa shape index (κ2) is 3.96. The monoisotopic (exact) mass is 222 g/mol. The van der Waals surface area contributed by atoms with Crippen molar-refractivity contribution < 1.29 is 4.74 Å². The van der Waals surface area contributed by atoms with Crippen LogP contribution in [0.2, 0.25) is 0 Å². The summed E-state index contributed by atoms with van der Waals surface area (Å²) < 4.78 is 6.45. The Bertz CT molecular complexity index is 555. The smallest absolute Gasteiger partial charge is 0.312 e. The van der Waals surface area contributed by atoms with Crippen LogP contribution in [0.1, 0.15) is 32.4 Å². The third kappa shape index (κ3) is 1.78. The molecule has 0 spiro atoms. The maximum atomic E-state index is 11.7. The van der Waals surface area contributed by atoms with Crippen LogP contribution in [0.5, 0.6) is 6.01 Å². The van der Waals surface area contributed by atoms with Crippen LogP contribution in [0.25, 0.3) is 5.78 Å². The molecule has 0 saturated heterocycles. The van der Waals surface area contributed by atoms with Crippen LogP contribution >= 0.6 is 0 Å². The molecule has 0 aromatic carbocycles. The van der Waals surface area contributed by atoms with Crippen LogP contribution in [0, 0.1) is 0 Å². The largest absolute Gasteiger partial charge is 0.464 e. The van der Waals surface area contributed by atoms with Crippen molar-refractivity contribution in [2.75, 3.05) is 6.61 Å². The van der Waals surface area contributed by atoms with Crippen molar-refractivity contribution in [2.24, 2.45) is 0 Å². The number of rotatable bonds is 3. The molecule has 2 aromatic rings. The van der Waals surface area contributed by atoms with E-state index in [0.29, 0.717) is 18.4 Å². The molecule has 16 heavy (non-hydrogen) atoms. The molecular formula is C10H14N4O2. The lowest BCUT2D eigenvalue weighted by molar-refractivity contribution is 0.313. The van der Waals surface area contributed by atoms with Crippen molar-refractivity contribution in [1.29, 1.82) is 0 Å². The summed E-state index contributed by atoms with van der Waals surface area (Å²) in [5, 5.41) is 2.74. The molecule has 0 aliphatic heterocycles. The molecule has 6 heteroatoms. The van der Waals surface area contributed by atoms with Crippen LogP contribution in [0.3, 0.4) is 0 Å². The Morgan fingerprint density at radius 3 is 2.88 bits per heavy atom. The highest BCUT2D eigenvalue weighted by molar-refractivity contribution is 5.30. The fraction of sp³-hybridized carbons (Fsp3) is 0.500. The maximum absolute atomic E-state index is 11.7. The Morgan fingerprint density at radius 2 is 2.25 bits per heavy atom. The van der Waals surface area contributed by atoms with Crippen molar-refractivity contribution in [3.05, 3.63) is 22.1 Å². The molecule has 0 aliphatic rings. The van der Waals surface area contributed by atoms with Gasteiger partial charge in [0.25, 0.3) is 11.3 Å². The second-order valence-electron chi connectivity index (χ2n) is 3.77. The lowest BCUT2D eigenvalue weighted by atomic mass is 10.1. The summed E-state index contributed by atoms with van der Waals surface area (Å²) in [5.41, 5.74) is 0.562. The number of nitrogens with zero attached hydrogens (tertiary/aromatic N) is 3. The molecule has 0 radical (unpaired) electrons. The topological polar surface area (TPSA) is 72.3 Å². The molecular weight excluding hydrogens is 208 g/mol. The average molecular weight is 222 g/mol. The molecule has 0 unspecified atom stereocenters. The van der Waals surface area contributed by atoms with E-state index in [-0.39, 0.29) is 11.5 Å². The Kier molecular flexibility index (Phi) is 2.64. The number of aromatic amines is 1. The van der Waals surface area contributed by atoms with E-state index in [0.717, 1.165) is 5.69 Å². The first-order chi connectivity index (χ1) is 7.61. The normalized spacial score (nSPS) is 11.2. The Labute approximate surface area is 92.3 Å². The van der Waals surface area contributed by atoms with Gasteiger partial charge < -0.3 is 4.74 Å². The van der Waals surface area contributed by atoms with Gasteiger partial charge in [0.1, 0.15) is 0 Å². The first-order valence-electron chi connectivity index (χ1n) is 5.24. The zero-order valence-electron chi connectivity index (χ0n) is 9.52. The van der Waals surface area contributed by atoms with Crippen LogP contribution < -0.4 is 10.3 Å². The van der Waals surface area contributed by atoms with Gasteiger partial charge in [-0.1, -0.05) is 13.8 Å². The molecule has 2 heterocycles. The summed E-state index contributed by atoms with van der Waals surface area (Å²) in [7, 11) is 0. The molecule has 1 N–H and O–H groups in total. The lowest BCUT2D eigenvalue weighted by Crippen LogP contribution is -2.16. The van der Waals surface area contributed by atoms with E-state index in [4.69, 9.17) is 4.74 Å². The van der Waals surface area contributed by atoms with Crippen LogP contribution in [0.4, 0.5) is 0 Å². The third-order valence-corrected chi connectivity index (χ3v) is 2.20.